The molecule has 0 amide bonds. The van der Waals surface area contributed by atoms with Gasteiger partial charge in [-0.15, -0.1) is 0 Å². The summed E-state index contributed by atoms with van der Waals surface area (Å²) in [6, 6.07) is 55.5. The van der Waals surface area contributed by atoms with E-state index in [2.05, 4.69) is 126 Å². The van der Waals surface area contributed by atoms with Crippen molar-refractivity contribution >= 4 is 60.9 Å². The minimum absolute atomic E-state index is 0.584. The molecule has 0 radical (unpaired) electrons. The average molecular weight is 628 g/mol. The molecule has 2 heterocycles. The zero-order valence-electron chi connectivity index (χ0n) is 26.1. The predicted molar refractivity (Wildman–Crippen MR) is 196 cm³/mol. The van der Waals surface area contributed by atoms with Crippen molar-refractivity contribution in [3.63, 3.8) is 0 Å². The Bertz CT molecular complexity index is 2600. The second-order valence-corrected chi connectivity index (χ2v) is 12.0. The van der Waals surface area contributed by atoms with Gasteiger partial charge in [0.1, 0.15) is 22.3 Å². The van der Waals surface area contributed by atoms with E-state index in [1.165, 1.54) is 0 Å². The lowest BCUT2D eigenvalue weighted by Crippen LogP contribution is -2.09. The van der Waals surface area contributed by atoms with Crippen molar-refractivity contribution < 1.29 is 8.83 Å². The lowest BCUT2D eigenvalue weighted by atomic mass is 10.0. The van der Waals surface area contributed by atoms with Gasteiger partial charge < -0.3 is 13.7 Å². The van der Waals surface area contributed by atoms with Gasteiger partial charge in [-0.3, -0.25) is 0 Å². The van der Waals surface area contributed by atoms with E-state index in [-0.39, 0.29) is 0 Å². The molecular formula is C44H25N3O2. The second-order valence-electron chi connectivity index (χ2n) is 12.0. The molecule has 0 aliphatic rings. The van der Waals surface area contributed by atoms with E-state index in [1.807, 2.05) is 30.3 Å². The number of benzene rings is 7. The number of furan rings is 2. The highest BCUT2D eigenvalue weighted by atomic mass is 16.3. The first-order chi connectivity index (χ1) is 24.1. The summed E-state index contributed by atoms with van der Waals surface area (Å²) in [5.41, 5.74) is 11.6. The lowest BCUT2D eigenvalue weighted by molar-refractivity contribution is 0.668. The number of fused-ring (bicyclic) bond motifs is 6. The van der Waals surface area contributed by atoms with Gasteiger partial charge in [0, 0.05) is 38.6 Å². The van der Waals surface area contributed by atoms with Crippen LogP contribution in [0.4, 0.5) is 17.1 Å². The third kappa shape index (κ3) is 4.86. The van der Waals surface area contributed by atoms with E-state index in [9.17, 15) is 10.5 Å². The summed E-state index contributed by atoms with van der Waals surface area (Å²) in [5.74, 6) is 0. The Kier molecular flexibility index (Phi) is 6.50. The molecule has 5 nitrogen and oxygen atoms in total. The van der Waals surface area contributed by atoms with Gasteiger partial charge in [-0.25, -0.2) is 0 Å². The van der Waals surface area contributed by atoms with Crippen LogP contribution in [0.2, 0.25) is 0 Å². The van der Waals surface area contributed by atoms with Crippen LogP contribution >= 0.6 is 0 Å². The Labute approximate surface area is 281 Å². The summed E-state index contributed by atoms with van der Waals surface area (Å²) in [5, 5.41) is 22.7. The number of rotatable bonds is 5. The first-order valence-corrected chi connectivity index (χ1v) is 15.9. The van der Waals surface area contributed by atoms with Crippen LogP contribution in [0.1, 0.15) is 11.1 Å². The molecule has 9 rings (SSSR count). The summed E-state index contributed by atoms with van der Waals surface area (Å²) in [6.45, 7) is 0. The van der Waals surface area contributed by atoms with Gasteiger partial charge in [0.05, 0.1) is 23.3 Å². The highest BCUT2D eigenvalue weighted by Gasteiger charge is 2.15. The van der Waals surface area contributed by atoms with Gasteiger partial charge in [0.2, 0.25) is 0 Å². The van der Waals surface area contributed by atoms with Crippen LogP contribution in [0.5, 0.6) is 0 Å². The average Bonchev–Trinajstić information content (AvgIpc) is 3.72. The molecule has 0 spiro atoms. The number of nitrogens with zero attached hydrogens (tertiary/aromatic N) is 3. The van der Waals surface area contributed by atoms with E-state index in [0.29, 0.717) is 11.1 Å². The van der Waals surface area contributed by atoms with Crippen LogP contribution < -0.4 is 4.90 Å². The molecule has 0 atom stereocenters. The molecule has 0 saturated carbocycles. The van der Waals surface area contributed by atoms with Crippen molar-refractivity contribution in [3.8, 4) is 34.4 Å². The van der Waals surface area contributed by atoms with Crippen molar-refractivity contribution in [3.05, 3.63) is 163 Å². The zero-order chi connectivity index (χ0) is 32.9. The molecule has 0 saturated heterocycles. The normalized spacial score (nSPS) is 11.2. The van der Waals surface area contributed by atoms with Crippen LogP contribution in [0.15, 0.2) is 160 Å². The zero-order valence-corrected chi connectivity index (χ0v) is 26.1. The molecule has 0 N–H and O–H groups in total. The number of para-hydroxylation sites is 1. The molecule has 49 heavy (non-hydrogen) atoms. The van der Waals surface area contributed by atoms with Crippen LogP contribution in [0.25, 0.3) is 66.1 Å². The quantitative estimate of drug-likeness (QED) is 0.190. The van der Waals surface area contributed by atoms with Crippen LogP contribution in [-0.4, -0.2) is 0 Å². The Hall–Kier alpha value is -7.08. The molecule has 0 fully saturated rings. The van der Waals surface area contributed by atoms with E-state index >= 15 is 0 Å². The third-order valence-electron chi connectivity index (χ3n) is 9.14. The molecular weight excluding hydrogens is 603 g/mol. The predicted octanol–water partition coefficient (Wildman–Crippen LogP) is 12.0. The summed E-state index contributed by atoms with van der Waals surface area (Å²) in [4.78, 5) is 2.25. The van der Waals surface area contributed by atoms with Crippen molar-refractivity contribution in [1.82, 2.24) is 0 Å². The highest BCUT2D eigenvalue weighted by Crippen LogP contribution is 2.39. The molecule has 2 aromatic heterocycles. The fourth-order valence-electron chi connectivity index (χ4n) is 6.68. The maximum atomic E-state index is 9.29. The van der Waals surface area contributed by atoms with E-state index in [1.54, 1.807) is 12.1 Å². The second kappa shape index (κ2) is 11.3. The standard InChI is InChI=1S/C44H25N3O2/c45-26-28-6-18-37-39-20-12-32(24-43(39)48-41(37)22-28)30-8-14-35(15-9-30)47(34-4-2-1-3-5-34)36-16-10-31(11-17-36)33-13-21-40-38-19-7-29(27-46)23-42(38)49-44(40)25-33/h1-25H. The minimum atomic E-state index is 0.584. The maximum absolute atomic E-state index is 9.29. The van der Waals surface area contributed by atoms with Crippen molar-refractivity contribution in [2.24, 2.45) is 0 Å². The third-order valence-corrected chi connectivity index (χ3v) is 9.14. The molecule has 9 aromatic rings. The largest absolute Gasteiger partial charge is 0.456 e. The van der Waals surface area contributed by atoms with E-state index in [4.69, 9.17) is 8.83 Å². The first-order valence-electron chi connectivity index (χ1n) is 15.9. The lowest BCUT2D eigenvalue weighted by Gasteiger charge is -2.26. The smallest absolute Gasteiger partial charge is 0.136 e. The number of hydrogen-bond acceptors (Lipinski definition) is 5. The van der Waals surface area contributed by atoms with Crippen LogP contribution in [0, 0.1) is 22.7 Å². The Morgan fingerprint density at radius 1 is 0.367 bits per heavy atom. The van der Waals surface area contributed by atoms with Crippen molar-refractivity contribution in [1.29, 1.82) is 10.5 Å². The maximum Gasteiger partial charge on any atom is 0.136 e. The monoisotopic (exact) mass is 627 g/mol. The van der Waals surface area contributed by atoms with Crippen molar-refractivity contribution in [2.75, 3.05) is 4.90 Å². The molecule has 5 heteroatoms. The van der Waals surface area contributed by atoms with Crippen LogP contribution in [0.3, 0.4) is 0 Å². The summed E-state index contributed by atoms with van der Waals surface area (Å²) >= 11 is 0. The van der Waals surface area contributed by atoms with Gasteiger partial charge in [0.25, 0.3) is 0 Å². The van der Waals surface area contributed by atoms with Crippen molar-refractivity contribution in [2.45, 2.75) is 0 Å². The summed E-state index contributed by atoms with van der Waals surface area (Å²) in [6.07, 6.45) is 0. The van der Waals surface area contributed by atoms with Gasteiger partial charge >= 0.3 is 0 Å². The molecule has 7 aromatic carbocycles. The summed E-state index contributed by atoms with van der Waals surface area (Å²) in [7, 11) is 0. The first kappa shape index (κ1) is 28.2. The molecule has 0 aliphatic heterocycles. The SMILES string of the molecule is N#Cc1ccc2c(c1)oc1cc(-c3ccc(N(c4ccccc4)c4ccc(-c5ccc6c(c5)oc5cc(C#N)ccc56)cc4)cc3)ccc12. The summed E-state index contributed by atoms with van der Waals surface area (Å²) < 4.78 is 12.3. The fourth-order valence-corrected chi connectivity index (χ4v) is 6.68. The number of anilines is 3. The number of nitriles is 2. The van der Waals surface area contributed by atoms with Gasteiger partial charge in [-0.2, -0.15) is 10.5 Å². The van der Waals surface area contributed by atoms with Gasteiger partial charge in [0.15, 0.2) is 0 Å². The van der Waals surface area contributed by atoms with E-state index in [0.717, 1.165) is 83.2 Å². The highest BCUT2D eigenvalue weighted by molar-refractivity contribution is 6.07. The Morgan fingerprint density at radius 2 is 0.735 bits per heavy atom. The molecule has 0 aliphatic carbocycles. The molecule has 0 unspecified atom stereocenters. The number of hydrogen-bond donors (Lipinski definition) is 0. The minimum Gasteiger partial charge on any atom is -0.456 e. The topological polar surface area (TPSA) is 77.1 Å². The molecule has 228 valence electrons. The van der Waals surface area contributed by atoms with Gasteiger partial charge in [-0.05, 0) is 119 Å². The Morgan fingerprint density at radius 3 is 1.16 bits per heavy atom. The fraction of sp³-hybridized carbons (Fsp3) is 0. The van der Waals surface area contributed by atoms with Crippen LogP contribution in [-0.2, 0) is 0 Å². The molecule has 0 bridgehead atoms. The van der Waals surface area contributed by atoms with Gasteiger partial charge in [-0.1, -0.05) is 54.6 Å². The Balaban J connectivity index is 1.04. The van der Waals surface area contributed by atoms with E-state index < -0.39 is 0 Å².